The second kappa shape index (κ2) is 6.98. The third-order valence-electron chi connectivity index (χ3n) is 4.41. The topological polar surface area (TPSA) is 69.7 Å². The number of rotatable bonds is 4. The lowest BCUT2D eigenvalue weighted by Gasteiger charge is -2.32. The molecule has 1 fully saturated rings. The van der Waals surface area contributed by atoms with Crippen LogP contribution < -0.4 is 5.32 Å². The van der Waals surface area contributed by atoms with Crippen LogP contribution in [-0.2, 0) is 15.0 Å². The number of nitrogens with one attached hydrogen (secondary N) is 1. The van der Waals surface area contributed by atoms with E-state index in [0.717, 1.165) is 16.8 Å². The average molecular weight is 339 g/mol. The van der Waals surface area contributed by atoms with E-state index in [1.807, 2.05) is 32.0 Å². The molecule has 0 bridgehead atoms. The molecular weight excluding hydrogens is 314 g/mol. The lowest BCUT2D eigenvalue weighted by Crippen LogP contribution is -2.47. The Hall–Kier alpha value is -1.44. The van der Waals surface area contributed by atoms with Crippen LogP contribution in [0.25, 0.3) is 0 Å². The van der Waals surface area contributed by atoms with Crippen LogP contribution >= 0.6 is 0 Å². The van der Waals surface area contributed by atoms with Gasteiger partial charge >= 0.3 is 0 Å². The van der Waals surface area contributed by atoms with Crippen molar-refractivity contribution in [2.24, 2.45) is 5.92 Å². The Morgan fingerprint density at radius 3 is 2.65 bits per heavy atom. The first kappa shape index (κ1) is 17.9. The fraction of sp³-hybridized carbons (Fsp3) is 0.562. The second-order valence-electron chi connectivity index (χ2n) is 6.22. The molecule has 1 atom stereocenters. The molecule has 0 unspecified atom stereocenters. The molecule has 7 heteroatoms. The molecule has 0 aliphatic carbocycles. The molecule has 1 heterocycles. The van der Waals surface area contributed by atoms with E-state index in [2.05, 4.69) is 5.32 Å². The average Bonchev–Trinajstić information content (AvgIpc) is 2.51. The molecule has 1 N–H and O–H groups in total. The van der Waals surface area contributed by atoms with Crippen LogP contribution in [0.1, 0.15) is 24.0 Å². The first-order valence-electron chi connectivity index (χ1n) is 7.78. The third-order valence-corrected chi connectivity index (χ3v) is 6.31. The summed E-state index contributed by atoms with van der Waals surface area (Å²) in [7, 11) is -0.449. The Labute approximate surface area is 138 Å². The van der Waals surface area contributed by atoms with Gasteiger partial charge in [0.25, 0.3) is 10.2 Å². The second-order valence-corrected chi connectivity index (χ2v) is 8.37. The number of piperidine rings is 1. The van der Waals surface area contributed by atoms with Crippen LogP contribution in [0.2, 0.25) is 0 Å². The summed E-state index contributed by atoms with van der Waals surface area (Å²) in [4.78, 5) is 12.5. The number of benzene rings is 1. The highest BCUT2D eigenvalue weighted by molar-refractivity contribution is 7.86. The van der Waals surface area contributed by atoms with E-state index in [9.17, 15) is 13.2 Å². The van der Waals surface area contributed by atoms with Gasteiger partial charge in [0, 0.05) is 32.9 Å². The molecular formula is C16H25N3O3S. The van der Waals surface area contributed by atoms with Crippen molar-refractivity contribution in [2.45, 2.75) is 26.7 Å². The van der Waals surface area contributed by atoms with Gasteiger partial charge in [-0.2, -0.15) is 17.0 Å². The Kier molecular flexibility index (Phi) is 5.44. The highest BCUT2D eigenvalue weighted by Gasteiger charge is 2.33. The third kappa shape index (κ3) is 3.91. The van der Waals surface area contributed by atoms with Gasteiger partial charge in [-0.15, -0.1) is 0 Å². The zero-order valence-electron chi connectivity index (χ0n) is 14.2. The van der Waals surface area contributed by atoms with Crippen molar-refractivity contribution in [1.82, 2.24) is 8.61 Å². The predicted octanol–water partition coefficient (Wildman–Crippen LogP) is 1.76. The molecule has 6 nitrogen and oxygen atoms in total. The van der Waals surface area contributed by atoms with Crippen molar-refractivity contribution in [1.29, 1.82) is 0 Å². The molecule has 0 spiro atoms. The van der Waals surface area contributed by atoms with E-state index in [4.69, 9.17) is 0 Å². The van der Waals surface area contributed by atoms with E-state index in [0.29, 0.717) is 19.4 Å². The van der Waals surface area contributed by atoms with Gasteiger partial charge in [0.05, 0.1) is 5.92 Å². The SMILES string of the molecule is Cc1cccc(NC(=O)[C@@H]2CCCN(S(=O)(=O)N(C)C)C2)c1C. The molecule has 1 amide bonds. The normalized spacial score (nSPS) is 19.8. The van der Waals surface area contributed by atoms with Gasteiger partial charge in [0.2, 0.25) is 5.91 Å². The summed E-state index contributed by atoms with van der Waals surface area (Å²) >= 11 is 0. The summed E-state index contributed by atoms with van der Waals surface area (Å²) in [5.41, 5.74) is 2.94. The number of amides is 1. The summed E-state index contributed by atoms with van der Waals surface area (Å²) in [5.74, 6) is -0.434. The largest absolute Gasteiger partial charge is 0.326 e. The van der Waals surface area contributed by atoms with Gasteiger partial charge in [0.1, 0.15) is 0 Å². The first-order valence-corrected chi connectivity index (χ1v) is 9.18. The molecule has 2 rings (SSSR count). The summed E-state index contributed by atoms with van der Waals surface area (Å²) in [6.07, 6.45) is 1.40. The van der Waals surface area contributed by atoms with Crippen LogP contribution in [0.15, 0.2) is 18.2 Å². The Morgan fingerprint density at radius 2 is 2.00 bits per heavy atom. The minimum absolute atomic E-state index is 0.114. The highest BCUT2D eigenvalue weighted by Crippen LogP contribution is 2.23. The maximum atomic E-state index is 12.5. The fourth-order valence-corrected chi connectivity index (χ4v) is 3.91. The Bertz CT molecular complexity index is 686. The minimum atomic E-state index is -3.47. The number of hydrogen-bond donors (Lipinski definition) is 1. The smallest absolute Gasteiger partial charge is 0.281 e. The molecule has 1 aromatic rings. The molecule has 23 heavy (non-hydrogen) atoms. The van der Waals surface area contributed by atoms with Crippen LogP contribution in [-0.4, -0.2) is 50.1 Å². The Balaban J connectivity index is 2.09. The minimum Gasteiger partial charge on any atom is -0.326 e. The molecule has 1 aliphatic rings. The molecule has 0 aromatic heterocycles. The van der Waals surface area contributed by atoms with Gasteiger partial charge in [-0.3, -0.25) is 4.79 Å². The van der Waals surface area contributed by atoms with E-state index < -0.39 is 10.2 Å². The molecule has 0 saturated carbocycles. The van der Waals surface area contributed by atoms with E-state index in [-0.39, 0.29) is 18.4 Å². The van der Waals surface area contributed by atoms with Gasteiger partial charge < -0.3 is 5.32 Å². The molecule has 1 aromatic carbocycles. The van der Waals surface area contributed by atoms with Gasteiger partial charge in [-0.05, 0) is 43.9 Å². The maximum Gasteiger partial charge on any atom is 0.281 e. The number of nitrogens with zero attached hydrogens (tertiary/aromatic N) is 2. The summed E-state index contributed by atoms with van der Waals surface area (Å²) in [5, 5.41) is 2.95. The standard InChI is InChI=1S/C16H25N3O3S/c1-12-7-5-9-15(13(12)2)17-16(20)14-8-6-10-19(11-14)23(21,22)18(3)4/h5,7,9,14H,6,8,10-11H2,1-4H3,(H,17,20)/t14-/m1/s1. The van der Waals surface area contributed by atoms with E-state index in [1.165, 1.54) is 22.7 Å². The van der Waals surface area contributed by atoms with Gasteiger partial charge in [0.15, 0.2) is 0 Å². The molecule has 1 saturated heterocycles. The molecule has 128 valence electrons. The van der Waals surface area contributed by atoms with Crippen molar-refractivity contribution < 1.29 is 13.2 Å². The predicted molar refractivity (Wildman–Crippen MR) is 91.4 cm³/mol. The molecule has 1 aliphatic heterocycles. The Morgan fingerprint density at radius 1 is 1.30 bits per heavy atom. The summed E-state index contributed by atoms with van der Waals surface area (Å²) in [6.45, 7) is 4.66. The van der Waals surface area contributed by atoms with Crippen molar-refractivity contribution >= 4 is 21.8 Å². The van der Waals surface area contributed by atoms with Crippen molar-refractivity contribution in [3.8, 4) is 0 Å². The summed E-state index contributed by atoms with van der Waals surface area (Å²) in [6, 6.07) is 5.77. The lowest BCUT2D eigenvalue weighted by atomic mass is 9.98. The molecule has 0 radical (unpaired) electrons. The van der Waals surface area contributed by atoms with Crippen LogP contribution in [0.4, 0.5) is 5.69 Å². The first-order chi connectivity index (χ1) is 10.7. The highest BCUT2D eigenvalue weighted by atomic mass is 32.2. The summed E-state index contributed by atoms with van der Waals surface area (Å²) < 4.78 is 27.0. The maximum absolute atomic E-state index is 12.5. The fourth-order valence-electron chi connectivity index (χ4n) is 2.72. The van der Waals surface area contributed by atoms with Crippen LogP contribution in [0.5, 0.6) is 0 Å². The zero-order valence-corrected chi connectivity index (χ0v) is 15.0. The van der Waals surface area contributed by atoms with Crippen molar-refractivity contribution in [3.05, 3.63) is 29.3 Å². The number of hydrogen-bond acceptors (Lipinski definition) is 3. The number of carbonyl (C=O) groups excluding carboxylic acids is 1. The quantitative estimate of drug-likeness (QED) is 0.909. The number of anilines is 1. The van der Waals surface area contributed by atoms with Gasteiger partial charge in [-0.25, -0.2) is 0 Å². The lowest BCUT2D eigenvalue weighted by molar-refractivity contribution is -0.120. The number of aryl methyl sites for hydroxylation is 1. The van der Waals surface area contributed by atoms with Crippen LogP contribution in [0.3, 0.4) is 0 Å². The van der Waals surface area contributed by atoms with Crippen molar-refractivity contribution in [3.63, 3.8) is 0 Å². The number of carbonyl (C=O) groups is 1. The van der Waals surface area contributed by atoms with Crippen LogP contribution in [0, 0.1) is 19.8 Å². The van der Waals surface area contributed by atoms with Gasteiger partial charge in [-0.1, -0.05) is 12.1 Å². The van der Waals surface area contributed by atoms with Crippen molar-refractivity contribution in [2.75, 3.05) is 32.5 Å². The zero-order chi connectivity index (χ0) is 17.2. The van der Waals surface area contributed by atoms with E-state index >= 15 is 0 Å². The monoisotopic (exact) mass is 339 g/mol. The van der Waals surface area contributed by atoms with E-state index in [1.54, 1.807) is 0 Å².